The molecule has 3 rings (SSSR count). The van der Waals surface area contributed by atoms with Crippen molar-refractivity contribution in [1.82, 2.24) is 15.3 Å². The van der Waals surface area contributed by atoms with Crippen LogP contribution in [0.1, 0.15) is 6.42 Å². The summed E-state index contributed by atoms with van der Waals surface area (Å²) in [6.45, 7) is 1.82. The van der Waals surface area contributed by atoms with Crippen LogP contribution in [-0.4, -0.2) is 29.0 Å². The summed E-state index contributed by atoms with van der Waals surface area (Å²) in [6, 6.07) is 5.79. The predicted octanol–water partition coefficient (Wildman–Crippen LogP) is 2.73. The molecule has 0 fully saturated rings. The summed E-state index contributed by atoms with van der Waals surface area (Å²) in [5, 5.41) is 9.21. The Kier molecular flexibility index (Phi) is 3.74. The number of thiazole rings is 1. The van der Waals surface area contributed by atoms with Crippen molar-refractivity contribution < 1.29 is 0 Å². The Bertz CT molecular complexity index is 610. The van der Waals surface area contributed by atoms with Gasteiger partial charge in [0.05, 0.1) is 5.69 Å². The van der Waals surface area contributed by atoms with Crippen LogP contribution in [0, 0.1) is 0 Å². The Morgan fingerprint density at radius 3 is 3.00 bits per heavy atom. The molecule has 0 radical (unpaired) electrons. The minimum atomic E-state index is 0.800. The van der Waals surface area contributed by atoms with Crippen molar-refractivity contribution in [1.29, 1.82) is 0 Å². The fourth-order valence-electron chi connectivity index (χ4n) is 1.72. The lowest BCUT2D eigenvalue weighted by atomic mass is 10.3. The zero-order chi connectivity index (χ0) is 13.1. The van der Waals surface area contributed by atoms with Gasteiger partial charge in [0.25, 0.3) is 0 Å². The lowest BCUT2D eigenvalue weighted by Gasteiger charge is -2.14. The van der Waals surface area contributed by atoms with Gasteiger partial charge in [0.15, 0.2) is 11.1 Å². The molecule has 3 heterocycles. The highest BCUT2D eigenvalue weighted by molar-refractivity contribution is 9.10. The summed E-state index contributed by atoms with van der Waals surface area (Å²) < 4.78 is 0.811. The normalized spacial score (nSPS) is 14.7. The molecule has 0 bridgehead atoms. The summed E-state index contributed by atoms with van der Waals surface area (Å²) in [4.78, 5) is 13.3. The molecule has 0 spiro atoms. The van der Waals surface area contributed by atoms with Gasteiger partial charge in [0.2, 0.25) is 0 Å². The Balaban J connectivity index is 1.77. The van der Waals surface area contributed by atoms with Gasteiger partial charge < -0.3 is 10.6 Å². The Labute approximate surface area is 123 Å². The van der Waals surface area contributed by atoms with Crippen molar-refractivity contribution >= 4 is 38.4 Å². The van der Waals surface area contributed by atoms with Gasteiger partial charge in [-0.25, -0.2) is 9.97 Å². The number of nitrogens with one attached hydrogen (secondary N) is 2. The molecule has 5 nitrogen and oxygen atoms in total. The number of guanidine groups is 1. The van der Waals surface area contributed by atoms with E-state index >= 15 is 0 Å². The fraction of sp³-hybridized carbons (Fsp3) is 0.250. The molecule has 7 heteroatoms. The smallest absolute Gasteiger partial charge is 0.197 e. The van der Waals surface area contributed by atoms with Crippen molar-refractivity contribution in [2.24, 2.45) is 4.99 Å². The number of halogens is 1. The highest BCUT2D eigenvalue weighted by Crippen LogP contribution is 2.24. The highest BCUT2D eigenvalue weighted by Gasteiger charge is 2.09. The Morgan fingerprint density at radius 2 is 2.21 bits per heavy atom. The van der Waals surface area contributed by atoms with E-state index in [1.54, 1.807) is 11.3 Å². The van der Waals surface area contributed by atoms with E-state index in [1.807, 2.05) is 23.6 Å². The molecule has 0 saturated carbocycles. The van der Waals surface area contributed by atoms with E-state index in [0.717, 1.165) is 46.6 Å². The van der Waals surface area contributed by atoms with Gasteiger partial charge in [-0.3, -0.25) is 4.99 Å². The van der Waals surface area contributed by atoms with Gasteiger partial charge in [-0.15, -0.1) is 11.3 Å². The monoisotopic (exact) mass is 337 g/mol. The van der Waals surface area contributed by atoms with Crippen molar-refractivity contribution in [2.45, 2.75) is 6.42 Å². The maximum Gasteiger partial charge on any atom is 0.197 e. The molecular formula is C12H12BrN5S. The van der Waals surface area contributed by atoms with E-state index in [1.165, 1.54) is 0 Å². The minimum absolute atomic E-state index is 0.800. The first-order chi connectivity index (χ1) is 9.31. The Hall–Kier alpha value is -1.47. The van der Waals surface area contributed by atoms with Crippen LogP contribution in [-0.2, 0) is 0 Å². The van der Waals surface area contributed by atoms with E-state index in [9.17, 15) is 0 Å². The van der Waals surface area contributed by atoms with Gasteiger partial charge >= 0.3 is 0 Å². The maximum atomic E-state index is 4.52. The van der Waals surface area contributed by atoms with Gasteiger partial charge in [-0.05, 0) is 34.5 Å². The van der Waals surface area contributed by atoms with Crippen molar-refractivity contribution in [2.75, 3.05) is 18.4 Å². The predicted molar refractivity (Wildman–Crippen MR) is 81.6 cm³/mol. The summed E-state index contributed by atoms with van der Waals surface area (Å²) in [6.07, 6.45) is 1.08. The number of nitrogens with zero attached hydrogens (tertiary/aromatic N) is 3. The third-order valence-electron chi connectivity index (χ3n) is 2.60. The zero-order valence-corrected chi connectivity index (χ0v) is 12.5. The summed E-state index contributed by atoms with van der Waals surface area (Å²) >= 11 is 4.91. The average molecular weight is 338 g/mol. The standard InChI is InChI=1S/C12H12BrN5S/c13-10-4-1-3-8(16-10)9-7-19-12(17-9)18-11-14-5-2-6-15-11/h1,3-4,7H,2,5-6H2,(H2,14,15,17,18). The molecule has 0 unspecified atom stereocenters. The largest absolute Gasteiger partial charge is 0.356 e. The molecule has 0 aliphatic carbocycles. The molecule has 2 aromatic rings. The first kappa shape index (κ1) is 12.6. The van der Waals surface area contributed by atoms with Crippen molar-refractivity contribution in [3.63, 3.8) is 0 Å². The molecule has 0 amide bonds. The van der Waals surface area contributed by atoms with Crippen molar-refractivity contribution in [3.05, 3.63) is 28.2 Å². The van der Waals surface area contributed by atoms with Crippen molar-refractivity contribution in [3.8, 4) is 11.4 Å². The van der Waals surface area contributed by atoms with Gasteiger partial charge in [0, 0.05) is 18.5 Å². The number of aromatic nitrogens is 2. The molecule has 0 atom stereocenters. The summed E-state index contributed by atoms with van der Waals surface area (Å²) in [5.74, 6) is 0.800. The third kappa shape index (κ3) is 3.10. The molecule has 98 valence electrons. The highest BCUT2D eigenvalue weighted by atomic mass is 79.9. The van der Waals surface area contributed by atoms with Gasteiger partial charge in [0.1, 0.15) is 10.3 Å². The summed E-state index contributed by atoms with van der Waals surface area (Å²) in [7, 11) is 0. The third-order valence-corrected chi connectivity index (χ3v) is 3.80. The fourth-order valence-corrected chi connectivity index (χ4v) is 2.76. The first-order valence-electron chi connectivity index (χ1n) is 5.95. The number of hydrogen-bond donors (Lipinski definition) is 2. The molecule has 0 aromatic carbocycles. The van der Waals surface area contributed by atoms with E-state index in [0.29, 0.717) is 0 Å². The number of anilines is 1. The zero-order valence-electron chi connectivity index (χ0n) is 10.1. The lowest BCUT2D eigenvalue weighted by Crippen LogP contribution is -2.35. The number of rotatable bonds is 2. The first-order valence-corrected chi connectivity index (χ1v) is 7.62. The van der Waals surface area contributed by atoms with Crippen LogP contribution < -0.4 is 10.6 Å². The lowest BCUT2D eigenvalue weighted by molar-refractivity contribution is 0.740. The van der Waals surface area contributed by atoms with Crippen LogP contribution in [0.15, 0.2) is 33.2 Å². The quantitative estimate of drug-likeness (QED) is 0.827. The van der Waals surface area contributed by atoms with Crippen LogP contribution in [0.4, 0.5) is 5.13 Å². The van der Waals surface area contributed by atoms with Crippen LogP contribution in [0.2, 0.25) is 0 Å². The number of hydrogen-bond acceptors (Lipinski definition) is 6. The average Bonchev–Trinajstić information content (AvgIpc) is 2.88. The Morgan fingerprint density at radius 1 is 1.26 bits per heavy atom. The molecule has 2 aromatic heterocycles. The maximum absolute atomic E-state index is 4.52. The van der Waals surface area contributed by atoms with E-state index < -0.39 is 0 Å². The molecule has 1 aliphatic heterocycles. The molecule has 19 heavy (non-hydrogen) atoms. The summed E-state index contributed by atoms with van der Waals surface area (Å²) in [5.41, 5.74) is 1.72. The van der Waals surface area contributed by atoms with Crippen LogP contribution in [0.5, 0.6) is 0 Å². The second-order valence-electron chi connectivity index (χ2n) is 4.02. The van der Waals surface area contributed by atoms with Crippen LogP contribution >= 0.6 is 27.3 Å². The van der Waals surface area contributed by atoms with Gasteiger partial charge in [-0.2, -0.15) is 0 Å². The molecule has 0 saturated heterocycles. The molecule has 2 N–H and O–H groups in total. The second kappa shape index (κ2) is 5.66. The van der Waals surface area contributed by atoms with E-state index in [2.05, 4.69) is 41.5 Å². The van der Waals surface area contributed by atoms with Crippen LogP contribution in [0.3, 0.4) is 0 Å². The molecule has 1 aliphatic rings. The number of pyridine rings is 1. The minimum Gasteiger partial charge on any atom is -0.356 e. The van der Waals surface area contributed by atoms with Gasteiger partial charge in [-0.1, -0.05) is 6.07 Å². The molecular weight excluding hydrogens is 326 g/mol. The van der Waals surface area contributed by atoms with E-state index in [-0.39, 0.29) is 0 Å². The van der Waals surface area contributed by atoms with E-state index in [4.69, 9.17) is 0 Å². The topological polar surface area (TPSA) is 62.2 Å². The number of aliphatic imine (C=N–C) groups is 1. The SMILES string of the molecule is Brc1cccc(-c2csc(NC3=NCCCN3)n2)n1. The van der Waals surface area contributed by atoms with Crippen LogP contribution in [0.25, 0.3) is 11.4 Å². The second-order valence-corrected chi connectivity index (χ2v) is 5.69.